The standard InChI is InChI=1S/C16H14Cl2O/c17-14-5-1-11(2-6-14)16(9-13(16)10-19)12-3-7-15(18)8-4-12/h1-8,13,19H,9-10H2/t13-/m0/s1. The van der Waals surface area contributed by atoms with E-state index in [0.717, 1.165) is 16.5 Å². The summed E-state index contributed by atoms with van der Waals surface area (Å²) in [6.07, 6.45) is 0.965. The van der Waals surface area contributed by atoms with E-state index >= 15 is 0 Å². The molecule has 1 atom stereocenters. The van der Waals surface area contributed by atoms with Crippen LogP contribution in [0.4, 0.5) is 0 Å². The molecule has 0 bridgehead atoms. The van der Waals surface area contributed by atoms with Gasteiger partial charge in [0.25, 0.3) is 0 Å². The first-order valence-corrected chi connectivity index (χ1v) is 7.05. The molecule has 2 aromatic rings. The van der Waals surface area contributed by atoms with Crippen LogP contribution in [0, 0.1) is 5.92 Å². The fourth-order valence-corrected chi connectivity index (χ4v) is 3.17. The molecule has 0 heterocycles. The summed E-state index contributed by atoms with van der Waals surface area (Å²) in [5, 5.41) is 11.0. The van der Waals surface area contributed by atoms with Crippen LogP contribution in [0.3, 0.4) is 0 Å². The molecule has 0 unspecified atom stereocenters. The molecule has 0 radical (unpaired) electrons. The minimum atomic E-state index is -0.0794. The summed E-state index contributed by atoms with van der Waals surface area (Å²) >= 11 is 11.9. The third-order valence-corrected chi connectivity index (χ3v) is 4.55. The number of benzene rings is 2. The largest absolute Gasteiger partial charge is 0.396 e. The molecule has 1 saturated carbocycles. The molecular formula is C16H14Cl2O. The monoisotopic (exact) mass is 292 g/mol. The lowest BCUT2D eigenvalue weighted by Crippen LogP contribution is -2.13. The Hall–Kier alpha value is -1.02. The van der Waals surface area contributed by atoms with E-state index in [4.69, 9.17) is 23.2 Å². The van der Waals surface area contributed by atoms with Gasteiger partial charge in [-0.05, 0) is 47.7 Å². The Morgan fingerprint density at radius 2 is 1.32 bits per heavy atom. The number of halogens is 2. The van der Waals surface area contributed by atoms with E-state index in [1.54, 1.807) is 0 Å². The Balaban J connectivity index is 2.05. The van der Waals surface area contributed by atoms with Gasteiger partial charge in [-0.25, -0.2) is 0 Å². The zero-order valence-electron chi connectivity index (χ0n) is 10.3. The highest BCUT2D eigenvalue weighted by Crippen LogP contribution is 2.58. The average Bonchev–Trinajstić information content (AvgIpc) is 3.16. The third kappa shape index (κ3) is 2.16. The maximum absolute atomic E-state index is 9.52. The van der Waals surface area contributed by atoms with Gasteiger partial charge in [0.2, 0.25) is 0 Å². The molecule has 1 fully saturated rings. The fourth-order valence-electron chi connectivity index (χ4n) is 2.92. The minimum absolute atomic E-state index is 0.0794. The molecule has 19 heavy (non-hydrogen) atoms. The van der Waals surface area contributed by atoms with Gasteiger partial charge in [-0.1, -0.05) is 47.5 Å². The fraction of sp³-hybridized carbons (Fsp3) is 0.250. The van der Waals surface area contributed by atoms with Crippen molar-refractivity contribution in [3.05, 3.63) is 69.7 Å². The summed E-state index contributed by atoms with van der Waals surface area (Å²) in [5.41, 5.74) is 2.33. The highest BCUT2D eigenvalue weighted by Gasteiger charge is 2.55. The molecule has 1 aliphatic rings. The Morgan fingerprint density at radius 3 is 1.63 bits per heavy atom. The Morgan fingerprint density at radius 1 is 0.895 bits per heavy atom. The van der Waals surface area contributed by atoms with Crippen molar-refractivity contribution in [2.45, 2.75) is 11.8 Å². The van der Waals surface area contributed by atoms with Gasteiger partial charge in [0.1, 0.15) is 0 Å². The zero-order valence-corrected chi connectivity index (χ0v) is 11.8. The number of aliphatic hydroxyl groups excluding tert-OH is 1. The number of rotatable bonds is 3. The molecule has 1 aliphatic carbocycles. The normalized spacial score (nSPS) is 20.3. The number of hydrogen-bond donors (Lipinski definition) is 1. The van der Waals surface area contributed by atoms with Crippen LogP contribution in [0.25, 0.3) is 0 Å². The summed E-state index contributed by atoms with van der Waals surface area (Å²) in [4.78, 5) is 0. The second-order valence-corrected chi connectivity index (χ2v) is 5.94. The summed E-state index contributed by atoms with van der Waals surface area (Å²) in [5.74, 6) is 0.273. The van der Waals surface area contributed by atoms with E-state index in [1.165, 1.54) is 11.1 Å². The van der Waals surface area contributed by atoms with Gasteiger partial charge in [0.05, 0.1) is 0 Å². The van der Waals surface area contributed by atoms with Gasteiger partial charge < -0.3 is 5.11 Å². The Kier molecular flexibility index (Phi) is 3.30. The van der Waals surface area contributed by atoms with E-state index in [1.807, 2.05) is 48.5 Å². The second kappa shape index (κ2) is 4.82. The smallest absolute Gasteiger partial charge is 0.0471 e. The Labute approximate surface area is 122 Å². The molecule has 0 amide bonds. The maximum Gasteiger partial charge on any atom is 0.0471 e. The van der Waals surface area contributed by atoms with Crippen molar-refractivity contribution < 1.29 is 5.11 Å². The minimum Gasteiger partial charge on any atom is -0.396 e. The van der Waals surface area contributed by atoms with Gasteiger partial charge >= 0.3 is 0 Å². The summed E-state index contributed by atoms with van der Waals surface area (Å²) in [7, 11) is 0. The third-order valence-electron chi connectivity index (χ3n) is 4.04. The van der Waals surface area contributed by atoms with Crippen molar-refractivity contribution in [3.63, 3.8) is 0 Å². The van der Waals surface area contributed by atoms with Crippen molar-refractivity contribution in [3.8, 4) is 0 Å². The second-order valence-electron chi connectivity index (χ2n) is 5.07. The molecular weight excluding hydrogens is 279 g/mol. The number of aliphatic hydroxyl groups is 1. The quantitative estimate of drug-likeness (QED) is 0.895. The van der Waals surface area contributed by atoms with Crippen molar-refractivity contribution in [2.75, 3.05) is 6.61 Å². The van der Waals surface area contributed by atoms with Crippen LogP contribution in [0.1, 0.15) is 17.5 Å². The van der Waals surface area contributed by atoms with Gasteiger partial charge in [0, 0.05) is 22.1 Å². The molecule has 3 heteroatoms. The summed E-state index contributed by atoms with van der Waals surface area (Å²) in [6, 6.07) is 15.8. The number of hydrogen-bond acceptors (Lipinski definition) is 1. The molecule has 0 spiro atoms. The predicted molar refractivity (Wildman–Crippen MR) is 78.9 cm³/mol. The lowest BCUT2D eigenvalue weighted by Gasteiger charge is -2.19. The molecule has 98 valence electrons. The maximum atomic E-state index is 9.52. The van der Waals surface area contributed by atoms with E-state index in [0.29, 0.717) is 0 Å². The van der Waals surface area contributed by atoms with E-state index < -0.39 is 0 Å². The molecule has 0 saturated heterocycles. The van der Waals surface area contributed by atoms with Crippen LogP contribution in [0.5, 0.6) is 0 Å². The first-order chi connectivity index (χ1) is 9.16. The van der Waals surface area contributed by atoms with Crippen molar-refractivity contribution in [1.29, 1.82) is 0 Å². The summed E-state index contributed by atoms with van der Waals surface area (Å²) < 4.78 is 0. The predicted octanol–water partition coefficient (Wildman–Crippen LogP) is 4.29. The lowest BCUT2D eigenvalue weighted by molar-refractivity contribution is 0.268. The molecule has 1 nitrogen and oxygen atoms in total. The van der Waals surface area contributed by atoms with E-state index in [2.05, 4.69) is 0 Å². The van der Waals surface area contributed by atoms with E-state index in [9.17, 15) is 5.11 Å². The van der Waals surface area contributed by atoms with Crippen LogP contribution in [-0.2, 0) is 5.41 Å². The van der Waals surface area contributed by atoms with Crippen molar-refractivity contribution in [2.24, 2.45) is 5.92 Å². The molecule has 2 aromatic carbocycles. The first-order valence-electron chi connectivity index (χ1n) is 6.30. The van der Waals surface area contributed by atoms with Crippen molar-refractivity contribution >= 4 is 23.2 Å². The van der Waals surface area contributed by atoms with E-state index in [-0.39, 0.29) is 17.9 Å². The summed E-state index contributed by atoms with van der Waals surface area (Å²) in [6.45, 7) is 0.200. The van der Waals surface area contributed by atoms with Crippen LogP contribution < -0.4 is 0 Å². The molecule has 1 N–H and O–H groups in total. The first kappa shape index (κ1) is 13.0. The highest BCUT2D eigenvalue weighted by molar-refractivity contribution is 6.30. The molecule has 0 aromatic heterocycles. The van der Waals surface area contributed by atoms with Gasteiger partial charge in [-0.2, -0.15) is 0 Å². The van der Waals surface area contributed by atoms with Crippen LogP contribution in [0.15, 0.2) is 48.5 Å². The SMILES string of the molecule is OC[C@@H]1CC1(c1ccc(Cl)cc1)c1ccc(Cl)cc1. The topological polar surface area (TPSA) is 20.2 Å². The van der Waals surface area contributed by atoms with Crippen molar-refractivity contribution in [1.82, 2.24) is 0 Å². The zero-order chi connectivity index (χ0) is 13.5. The molecule has 0 aliphatic heterocycles. The van der Waals surface area contributed by atoms with Crippen LogP contribution >= 0.6 is 23.2 Å². The van der Waals surface area contributed by atoms with Crippen LogP contribution in [0.2, 0.25) is 10.0 Å². The van der Waals surface area contributed by atoms with Gasteiger partial charge in [-0.15, -0.1) is 0 Å². The Bertz CT molecular complexity index is 529. The van der Waals surface area contributed by atoms with Gasteiger partial charge in [-0.3, -0.25) is 0 Å². The van der Waals surface area contributed by atoms with Crippen LogP contribution in [-0.4, -0.2) is 11.7 Å². The highest BCUT2D eigenvalue weighted by atomic mass is 35.5. The average molecular weight is 293 g/mol. The lowest BCUT2D eigenvalue weighted by atomic mass is 9.86. The van der Waals surface area contributed by atoms with Gasteiger partial charge in [0.15, 0.2) is 0 Å². The molecule has 3 rings (SSSR count).